The highest BCUT2D eigenvalue weighted by Crippen LogP contribution is 2.10. The highest BCUT2D eigenvalue weighted by atomic mass is 35.5. The smallest absolute Gasteiger partial charge is 0.315 e. The standard InChI is InChI=1S/C25H26ClN3O2/c1-18-5-7-20(8-6-18)15-28-25(31)29-17-22-4-2-3-21(13-22)16-27-24(30)14-19-9-11-23(26)12-10-19/h2-13H,14-17H2,1H3,(H,27,30)(H2,28,29,31). The second kappa shape index (κ2) is 11.2. The third kappa shape index (κ3) is 7.79. The number of benzene rings is 3. The number of urea groups is 1. The number of carbonyl (C=O) groups excluding carboxylic acids is 2. The molecule has 0 fully saturated rings. The van der Waals surface area contributed by atoms with Crippen LogP contribution in [0.25, 0.3) is 0 Å². The van der Waals surface area contributed by atoms with Crippen LogP contribution in [0.1, 0.15) is 27.8 Å². The largest absolute Gasteiger partial charge is 0.352 e. The first kappa shape index (κ1) is 22.4. The monoisotopic (exact) mass is 435 g/mol. The van der Waals surface area contributed by atoms with E-state index in [9.17, 15) is 9.59 Å². The number of halogens is 1. The molecule has 0 aliphatic heterocycles. The van der Waals surface area contributed by atoms with Gasteiger partial charge in [0.2, 0.25) is 5.91 Å². The molecule has 0 radical (unpaired) electrons. The normalized spacial score (nSPS) is 10.4. The van der Waals surface area contributed by atoms with Crippen molar-refractivity contribution in [2.75, 3.05) is 0 Å². The Morgan fingerprint density at radius 3 is 1.90 bits per heavy atom. The van der Waals surface area contributed by atoms with Gasteiger partial charge in [0.05, 0.1) is 6.42 Å². The molecule has 0 aromatic heterocycles. The van der Waals surface area contributed by atoms with Gasteiger partial charge in [0.25, 0.3) is 0 Å². The molecular weight excluding hydrogens is 410 g/mol. The maximum absolute atomic E-state index is 12.2. The quantitative estimate of drug-likeness (QED) is 0.487. The van der Waals surface area contributed by atoms with Crippen LogP contribution >= 0.6 is 11.6 Å². The maximum atomic E-state index is 12.2. The second-order valence-electron chi connectivity index (χ2n) is 7.42. The maximum Gasteiger partial charge on any atom is 0.315 e. The minimum Gasteiger partial charge on any atom is -0.352 e. The van der Waals surface area contributed by atoms with Crippen LogP contribution in [0, 0.1) is 6.92 Å². The minimum absolute atomic E-state index is 0.0543. The summed E-state index contributed by atoms with van der Waals surface area (Å²) in [5.41, 5.74) is 5.10. The lowest BCUT2D eigenvalue weighted by molar-refractivity contribution is -0.120. The van der Waals surface area contributed by atoms with Crippen molar-refractivity contribution in [1.82, 2.24) is 16.0 Å². The number of nitrogens with one attached hydrogen (secondary N) is 3. The van der Waals surface area contributed by atoms with E-state index in [1.54, 1.807) is 12.1 Å². The van der Waals surface area contributed by atoms with Crippen molar-refractivity contribution in [3.8, 4) is 0 Å². The van der Waals surface area contributed by atoms with E-state index in [4.69, 9.17) is 11.6 Å². The summed E-state index contributed by atoms with van der Waals surface area (Å²) in [5, 5.41) is 9.29. The molecule has 0 spiro atoms. The zero-order chi connectivity index (χ0) is 22.1. The molecule has 3 aromatic carbocycles. The fourth-order valence-corrected chi connectivity index (χ4v) is 3.16. The molecule has 0 bridgehead atoms. The van der Waals surface area contributed by atoms with Gasteiger partial charge in [-0.1, -0.05) is 77.8 Å². The van der Waals surface area contributed by atoms with Gasteiger partial charge in [-0.25, -0.2) is 4.79 Å². The van der Waals surface area contributed by atoms with Crippen LogP contribution in [0.15, 0.2) is 72.8 Å². The van der Waals surface area contributed by atoms with E-state index in [0.717, 1.165) is 22.3 Å². The molecule has 3 rings (SSSR count). The van der Waals surface area contributed by atoms with E-state index < -0.39 is 0 Å². The van der Waals surface area contributed by atoms with Gasteiger partial charge in [0.15, 0.2) is 0 Å². The Bertz CT molecular complexity index is 1020. The van der Waals surface area contributed by atoms with Crippen LogP contribution in [0.3, 0.4) is 0 Å². The molecule has 0 aliphatic rings. The fraction of sp³-hybridized carbons (Fsp3) is 0.200. The van der Waals surface area contributed by atoms with E-state index >= 15 is 0 Å². The van der Waals surface area contributed by atoms with Crippen LogP contribution in [-0.4, -0.2) is 11.9 Å². The van der Waals surface area contributed by atoms with Crippen molar-refractivity contribution >= 4 is 23.5 Å². The van der Waals surface area contributed by atoms with Gasteiger partial charge in [0.1, 0.15) is 0 Å². The number of rotatable bonds is 8. The van der Waals surface area contributed by atoms with Gasteiger partial charge in [-0.15, -0.1) is 0 Å². The van der Waals surface area contributed by atoms with Crippen LogP contribution in [0.5, 0.6) is 0 Å². The van der Waals surface area contributed by atoms with Crippen molar-refractivity contribution in [3.63, 3.8) is 0 Å². The van der Waals surface area contributed by atoms with Crippen molar-refractivity contribution < 1.29 is 9.59 Å². The van der Waals surface area contributed by atoms with Gasteiger partial charge in [-0.2, -0.15) is 0 Å². The first-order chi connectivity index (χ1) is 15.0. The van der Waals surface area contributed by atoms with Gasteiger partial charge < -0.3 is 16.0 Å². The summed E-state index contributed by atoms with van der Waals surface area (Å²) < 4.78 is 0. The van der Waals surface area contributed by atoms with E-state index in [2.05, 4.69) is 16.0 Å². The van der Waals surface area contributed by atoms with Crippen molar-refractivity contribution in [2.45, 2.75) is 33.0 Å². The van der Waals surface area contributed by atoms with Crippen molar-refractivity contribution in [1.29, 1.82) is 0 Å². The van der Waals surface area contributed by atoms with Gasteiger partial charge in [0, 0.05) is 24.7 Å². The molecule has 0 aliphatic carbocycles. The zero-order valence-electron chi connectivity index (χ0n) is 17.5. The summed E-state index contributed by atoms with van der Waals surface area (Å²) in [6, 6.07) is 22.9. The molecule has 0 saturated heterocycles. The molecule has 6 heteroatoms. The van der Waals surface area contributed by atoms with E-state index in [1.165, 1.54) is 5.56 Å². The Labute approximate surface area is 187 Å². The Morgan fingerprint density at radius 2 is 1.26 bits per heavy atom. The van der Waals surface area contributed by atoms with Gasteiger partial charge >= 0.3 is 6.03 Å². The average molecular weight is 436 g/mol. The Balaban J connectivity index is 1.41. The van der Waals surface area contributed by atoms with Crippen LogP contribution in [0.2, 0.25) is 5.02 Å². The highest BCUT2D eigenvalue weighted by Gasteiger charge is 2.05. The third-order valence-corrected chi connectivity index (χ3v) is 5.04. The molecule has 0 saturated carbocycles. The fourth-order valence-electron chi connectivity index (χ4n) is 3.03. The van der Waals surface area contributed by atoms with Gasteiger partial charge in [-0.3, -0.25) is 4.79 Å². The summed E-state index contributed by atoms with van der Waals surface area (Å²) in [7, 11) is 0. The molecule has 5 nitrogen and oxygen atoms in total. The van der Waals surface area contributed by atoms with Gasteiger partial charge in [-0.05, 0) is 41.3 Å². The van der Waals surface area contributed by atoms with E-state index in [0.29, 0.717) is 31.1 Å². The summed E-state index contributed by atoms with van der Waals surface area (Å²) in [6.45, 7) is 3.35. The molecule has 0 heterocycles. The first-order valence-corrected chi connectivity index (χ1v) is 10.5. The molecule has 3 amide bonds. The molecule has 3 N–H and O–H groups in total. The number of amides is 3. The molecule has 0 unspecified atom stereocenters. The van der Waals surface area contributed by atoms with Crippen molar-refractivity contribution in [2.24, 2.45) is 0 Å². The van der Waals surface area contributed by atoms with E-state index in [-0.39, 0.29) is 11.9 Å². The van der Waals surface area contributed by atoms with Crippen LogP contribution in [-0.2, 0) is 30.8 Å². The Hall–Kier alpha value is -3.31. The third-order valence-electron chi connectivity index (χ3n) is 4.79. The molecule has 3 aromatic rings. The predicted molar refractivity (Wildman–Crippen MR) is 124 cm³/mol. The predicted octanol–water partition coefficient (Wildman–Crippen LogP) is 4.51. The minimum atomic E-state index is -0.220. The number of carbonyl (C=O) groups is 2. The lowest BCUT2D eigenvalue weighted by Gasteiger charge is -2.10. The number of hydrogen-bond acceptors (Lipinski definition) is 2. The molecule has 0 atom stereocenters. The topological polar surface area (TPSA) is 70.2 Å². The number of hydrogen-bond donors (Lipinski definition) is 3. The first-order valence-electron chi connectivity index (χ1n) is 10.1. The van der Waals surface area contributed by atoms with E-state index in [1.807, 2.05) is 67.6 Å². The molecular formula is C25H26ClN3O2. The lowest BCUT2D eigenvalue weighted by Crippen LogP contribution is -2.34. The SMILES string of the molecule is Cc1ccc(CNC(=O)NCc2cccc(CNC(=O)Cc3ccc(Cl)cc3)c2)cc1. The summed E-state index contributed by atoms with van der Waals surface area (Å²) in [4.78, 5) is 24.2. The lowest BCUT2D eigenvalue weighted by atomic mass is 10.1. The van der Waals surface area contributed by atoms with Crippen molar-refractivity contribution in [3.05, 3.63) is 106 Å². The second-order valence-corrected chi connectivity index (χ2v) is 7.86. The average Bonchev–Trinajstić information content (AvgIpc) is 2.78. The molecule has 160 valence electrons. The van der Waals surface area contributed by atoms with Crippen LogP contribution < -0.4 is 16.0 Å². The Kier molecular flexibility index (Phi) is 8.07. The summed E-state index contributed by atoms with van der Waals surface area (Å²) >= 11 is 5.87. The zero-order valence-corrected chi connectivity index (χ0v) is 18.2. The summed E-state index contributed by atoms with van der Waals surface area (Å²) in [6.07, 6.45) is 0.305. The Morgan fingerprint density at radius 1 is 0.710 bits per heavy atom. The van der Waals surface area contributed by atoms with Crippen LogP contribution in [0.4, 0.5) is 4.79 Å². The summed E-state index contributed by atoms with van der Waals surface area (Å²) in [5.74, 6) is -0.0543. The highest BCUT2D eigenvalue weighted by molar-refractivity contribution is 6.30. The number of aryl methyl sites for hydroxylation is 1. The molecule has 31 heavy (non-hydrogen) atoms.